The van der Waals surface area contributed by atoms with Gasteiger partial charge in [-0.3, -0.25) is 9.63 Å². The zero-order valence-corrected chi connectivity index (χ0v) is 13.7. The Hall–Kier alpha value is -3.19. The summed E-state index contributed by atoms with van der Waals surface area (Å²) in [6, 6.07) is 13.0. The van der Waals surface area contributed by atoms with Crippen LogP contribution in [0.15, 0.2) is 54.7 Å². The van der Waals surface area contributed by atoms with Gasteiger partial charge in [-0.2, -0.15) is 5.10 Å². The molecule has 0 aliphatic heterocycles. The first-order valence-electron chi connectivity index (χ1n) is 7.45. The Morgan fingerprint density at radius 1 is 1.16 bits per heavy atom. The van der Waals surface area contributed by atoms with Crippen molar-refractivity contribution in [1.82, 2.24) is 15.3 Å². The summed E-state index contributed by atoms with van der Waals surface area (Å²) in [6.45, 7) is 0. The minimum Gasteiger partial charge on any atom is -0.497 e. The molecule has 0 fully saturated rings. The first-order valence-corrected chi connectivity index (χ1v) is 7.45. The van der Waals surface area contributed by atoms with Crippen LogP contribution in [0, 0.1) is 5.82 Å². The van der Waals surface area contributed by atoms with Crippen molar-refractivity contribution in [3.05, 3.63) is 66.1 Å². The number of halogens is 1. The lowest BCUT2D eigenvalue weighted by Gasteiger charge is -2.05. The summed E-state index contributed by atoms with van der Waals surface area (Å²) in [4.78, 5) is 17.0. The zero-order chi connectivity index (χ0) is 17.8. The number of hydrogen-bond acceptors (Lipinski definition) is 4. The molecule has 0 spiro atoms. The summed E-state index contributed by atoms with van der Waals surface area (Å²) in [7, 11) is 2.92. The number of rotatable bonds is 5. The second kappa shape index (κ2) is 7.14. The number of ether oxygens (including phenoxy) is 1. The van der Waals surface area contributed by atoms with E-state index in [0.29, 0.717) is 28.3 Å². The summed E-state index contributed by atoms with van der Waals surface area (Å²) in [6.07, 6.45) is 1.57. The molecule has 1 heterocycles. The predicted molar refractivity (Wildman–Crippen MR) is 90.0 cm³/mol. The van der Waals surface area contributed by atoms with Crippen LogP contribution in [0.2, 0.25) is 0 Å². The van der Waals surface area contributed by atoms with E-state index in [1.807, 2.05) is 12.1 Å². The van der Waals surface area contributed by atoms with E-state index in [-0.39, 0.29) is 5.82 Å². The number of benzene rings is 2. The number of methoxy groups -OCH3 is 1. The van der Waals surface area contributed by atoms with Crippen molar-refractivity contribution < 1.29 is 18.8 Å². The first-order chi connectivity index (χ1) is 12.1. The number of hydrogen-bond donors (Lipinski definition) is 1. The van der Waals surface area contributed by atoms with Crippen LogP contribution in [-0.4, -0.2) is 29.9 Å². The summed E-state index contributed by atoms with van der Waals surface area (Å²) >= 11 is 0. The maximum Gasteiger partial charge on any atom is 0.278 e. The smallest absolute Gasteiger partial charge is 0.278 e. The van der Waals surface area contributed by atoms with Gasteiger partial charge in [-0.1, -0.05) is 12.1 Å². The van der Waals surface area contributed by atoms with Gasteiger partial charge in [0.15, 0.2) is 0 Å². The molecule has 0 aliphatic carbocycles. The topological polar surface area (TPSA) is 65.4 Å². The molecule has 3 aromatic rings. The maximum atomic E-state index is 13.1. The Morgan fingerprint density at radius 3 is 2.60 bits per heavy atom. The van der Waals surface area contributed by atoms with Crippen LogP contribution in [0.4, 0.5) is 4.39 Å². The van der Waals surface area contributed by atoms with Crippen molar-refractivity contribution in [2.45, 2.75) is 0 Å². The van der Waals surface area contributed by atoms with E-state index in [2.05, 4.69) is 10.6 Å². The lowest BCUT2D eigenvalue weighted by atomic mass is 10.1. The van der Waals surface area contributed by atoms with Gasteiger partial charge in [0.05, 0.1) is 25.5 Å². The Kier molecular flexibility index (Phi) is 4.76. The highest BCUT2D eigenvalue weighted by molar-refractivity contribution is 5.99. The van der Waals surface area contributed by atoms with E-state index in [1.165, 1.54) is 23.9 Å². The number of nitrogens with zero attached hydrogens (tertiary/aromatic N) is 2. The SMILES string of the molecule is CONC(=O)c1cn(-c2ccc(F)cc2)nc1-c1cccc(OC)c1. The number of aromatic nitrogens is 2. The Bertz CT molecular complexity index is 891. The molecule has 2 aromatic carbocycles. The molecule has 1 amide bonds. The molecule has 3 rings (SSSR count). The van der Waals surface area contributed by atoms with Gasteiger partial charge in [0.25, 0.3) is 5.91 Å². The Morgan fingerprint density at radius 2 is 1.92 bits per heavy atom. The lowest BCUT2D eigenvalue weighted by molar-refractivity contribution is 0.0538. The van der Waals surface area contributed by atoms with Gasteiger partial charge in [-0.05, 0) is 36.4 Å². The number of carbonyl (C=O) groups is 1. The van der Waals surface area contributed by atoms with E-state index in [0.717, 1.165) is 0 Å². The number of nitrogens with one attached hydrogen (secondary N) is 1. The third kappa shape index (κ3) is 3.51. The normalized spacial score (nSPS) is 10.5. The molecular weight excluding hydrogens is 325 g/mol. The molecule has 0 saturated heterocycles. The molecule has 0 radical (unpaired) electrons. The van der Waals surface area contributed by atoms with Crippen molar-refractivity contribution in [2.75, 3.05) is 14.2 Å². The molecule has 0 saturated carbocycles. The molecule has 128 valence electrons. The second-order valence-electron chi connectivity index (χ2n) is 5.18. The van der Waals surface area contributed by atoms with E-state index in [9.17, 15) is 9.18 Å². The molecule has 0 bridgehead atoms. The minimum atomic E-state index is -0.436. The average Bonchev–Trinajstić information content (AvgIpc) is 3.08. The number of carbonyl (C=O) groups excluding carboxylic acids is 1. The van der Waals surface area contributed by atoms with E-state index >= 15 is 0 Å². The molecule has 7 heteroatoms. The molecule has 0 aliphatic rings. The van der Waals surface area contributed by atoms with Crippen molar-refractivity contribution in [3.8, 4) is 22.7 Å². The van der Waals surface area contributed by atoms with Gasteiger partial charge in [0, 0.05) is 11.8 Å². The Labute approximate surface area is 143 Å². The standard InChI is InChI=1S/C18H16FN3O3/c1-24-15-5-3-4-12(10-15)17-16(18(23)21-25-2)11-22(20-17)14-8-6-13(19)7-9-14/h3-11H,1-2H3,(H,21,23). The monoisotopic (exact) mass is 341 g/mol. The summed E-state index contributed by atoms with van der Waals surface area (Å²) in [5.41, 5.74) is 4.40. The summed E-state index contributed by atoms with van der Waals surface area (Å²) in [5, 5.41) is 4.48. The fraction of sp³-hybridized carbons (Fsp3) is 0.111. The molecule has 1 aromatic heterocycles. The van der Waals surface area contributed by atoms with E-state index < -0.39 is 5.91 Å². The van der Waals surface area contributed by atoms with Crippen molar-refractivity contribution in [1.29, 1.82) is 0 Å². The van der Waals surface area contributed by atoms with Crippen molar-refractivity contribution in [2.24, 2.45) is 0 Å². The Balaban J connectivity index is 2.11. The lowest BCUT2D eigenvalue weighted by Crippen LogP contribution is -2.21. The maximum absolute atomic E-state index is 13.1. The van der Waals surface area contributed by atoms with Gasteiger partial charge in [0.1, 0.15) is 17.3 Å². The van der Waals surface area contributed by atoms with Gasteiger partial charge >= 0.3 is 0 Å². The highest BCUT2D eigenvalue weighted by atomic mass is 19.1. The van der Waals surface area contributed by atoms with Gasteiger partial charge < -0.3 is 4.74 Å². The van der Waals surface area contributed by atoms with Gasteiger partial charge in [-0.15, -0.1) is 0 Å². The van der Waals surface area contributed by atoms with Crippen LogP contribution in [0.1, 0.15) is 10.4 Å². The molecule has 0 unspecified atom stereocenters. The summed E-state index contributed by atoms with van der Waals surface area (Å²) in [5.74, 6) is -0.137. The molecule has 6 nitrogen and oxygen atoms in total. The fourth-order valence-electron chi connectivity index (χ4n) is 2.40. The predicted octanol–water partition coefficient (Wildman–Crippen LogP) is 2.98. The average molecular weight is 341 g/mol. The van der Waals surface area contributed by atoms with Crippen molar-refractivity contribution in [3.63, 3.8) is 0 Å². The third-order valence-corrected chi connectivity index (χ3v) is 3.59. The number of amides is 1. The van der Waals surface area contributed by atoms with Crippen LogP contribution < -0.4 is 10.2 Å². The van der Waals surface area contributed by atoms with Crippen LogP contribution in [0.5, 0.6) is 5.75 Å². The van der Waals surface area contributed by atoms with Crippen LogP contribution >= 0.6 is 0 Å². The third-order valence-electron chi connectivity index (χ3n) is 3.59. The highest BCUT2D eigenvalue weighted by Crippen LogP contribution is 2.27. The number of hydroxylamine groups is 1. The first kappa shape index (κ1) is 16.7. The van der Waals surface area contributed by atoms with Crippen LogP contribution in [0.3, 0.4) is 0 Å². The van der Waals surface area contributed by atoms with Crippen LogP contribution in [0.25, 0.3) is 16.9 Å². The quantitative estimate of drug-likeness (QED) is 0.725. The summed E-state index contributed by atoms with van der Waals surface area (Å²) < 4.78 is 19.9. The largest absolute Gasteiger partial charge is 0.497 e. The second-order valence-corrected chi connectivity index (χ2v) is 5.18. The highest BCUT2D eigenvalue weighted by Gasteiger charge is 2.19. The van der Waals surface area contributed by atoms with Gasteiger partial charge in [0.2, 0.25) is 0 Å². The van der Waals surface area contributed by atoms with E-state index in [4.69, 9.17) is 9.57 Å². The zero-order valence-electron chi connectivity index (χ0n) is 13.7. The minimum absolute atomic E-state index is 0.319. The van der Waals surface area contributed by atoms with Gasteiger partial charge in [-0.25, -0.2) is 14.6 Å². The van der Waals surface area contributed by atoms with Crippen molar-refractivity contribution >= 4 is 5.91 Å². The molecular formula is C18H16FN3O3. The molecule has 0 atom stereocenters. The van der Waals surface area contributed by atoms with Crippen LogP contribution in [-0.2, 0) is 4.84 Å². The molecule has 25 heavy (non-hydrogen) atoms. The van der Waals surface area contributed by atoms with E-state index in [1.54, 1.807) is 37.6 Å². The fourth-order valence-corrected chi connectivity index (χ4v) is 2.40. The molecule has 1 N–H and O–H groups in total.